The van der Waals surface area contributed by atoms with Gasteiger partial charge in [-0.15, -0.1) is 0 Å². The average Bonchev–Trinajstić information content (AvgIpc) is 2.73. The Hall–Kier alpha value is -0.710. The number of hydrogen-bond acceptors (Lipinski definition) is 6. The molecule has 0 aliphatic carbocycles. The van der Waals surface area contributed by atoms with Crippen molar-refractivity contribution in [3.63, 3.8) is 0 Å². The first-order chi connectivity index (χ1) is 8.54. The van der Waals surface area contributed by atoms with Crippen LogP contribution in [0.3, 0.4) is 0 Å². The van der Waals surface area contributed by atoms with Gasteiger partial charge in [-0.1, -0.05) is 0 Å². The van der Waals surface area contributed by atoms with Crippen molar-refractivity contribution < 1.29 is 31.5 Å². The van der Waals surface area contributed by atoms with Crippen LogP contribution in [-0.4, -0.2) is 76.3 Å². The van der Waals surface area contributed by atoms with Crippen molar-refractivity contribution in [3.8, 4) is 0 Å². The fraction of sp³-hybridized carbons (Fsp3) is 0.889. The molecule has 0 aromatic rings. The summed E-state index contributed by atoms with van der Waals surface area (Å²) in [6.07, 6.45) is 0.946. The van der Waals surface area contributed by atoms with Crippen molar-refractivity contribution in [3.05, 3.63) is 0 Å². The van der Waals surface area contributed by atoms with E-state index in [1.165, 1.54) is 7.05 Å². The van der Waals surface area contributed by atoms with Gasteiger partial charge in [-0.25, -0.2) is 16.8 Å². The number of likely N-dealkylation sites (N-methyl/N-ethyl adjacent to an activating group) is 1. The predicted molar refractivity (Wildman–Crippen MR) is 67.0 cm³/mol. The van der Waals surface area contributed by atoms with Crippen molar-refractivity contribution >= 4 is 25.8 Å². The number of sulfone groups is 1. The highest BCUT2D eigenvalue weighted by Gasteiger charge is 2.40. The molecule has 19 heavy (non-hydrogen) atoms. The molecule has 1 aliphatic heterocycles. The van der Waals surface area contributed by atoms with Crippen LogP contribution < -0.4 is 0 Å². The Labute approximate surface area is 112 Å². The van der Waals surface area contributed by atoms with Crippen LogP contribution in [-0.2, 0) is 29.4 Å². The normalized spacial score (nSPS) is 24.8. The van der Waals surface area contributed by atoms with Crippen molar-refractivity contribution in [1.82, 2.24) is 4.31 Å². The quantitative estimate of drug-likeness (QED) is 0.626. The third kappa shape index (κ3) is 4.41. The number of carboxylic acid groups (broad SMARTS) is 1. The first-order valence-corrected chi connectivity index (χ1v) is 9.15. The second kappa shape index (κ2) is 5.73. The van der Waals surface area contributed by atoms with Crippen LogP contribution in [0.1, 0.15) is 0 Å². The van der Waals surface area contributed by atoms with E-state index in [2.05, 4.69) is 0 Å². The summed E-state index contributed by atoms with van der Waals surface area (Å²) in [6, 6.07) is -0.804. The fourth-order valence-corrected chi connectivity index (χ4v) is 4.71. The summed E-state index contributed by atoms with van der Waals surface area (Å²) < 4.78 is 51.8. The maximum Gasteiger partial charge on any atom is 0.310 e. The minimum absolute atomic E-state index is 0.00836. The topological polar surface area (TPSA) is 118 Å². The van der Waals surface area contributed by atoms with E-state index in [0.717, 1.165) is 10.6 Å². The molecule has 8 nitrogen and oxygen atoms in total. The maximum absolute atomic E-state index is 11.9. The molecule has 0 spiro atoms. The third-order valence-electron chi connectivity index (χ3n) is 2.99. The van der Waals surface area contributed by atoms with Gasteiger partial charge in [-0.05, 0) is 0 Å². The molecule has 112 valence electrons. The molecular weight excluding hydrogens is 298 g/mol. The van der Waals surface area contributed by atoms with E-state index in [4.69, 9.17) is 9.84 Å². The van der Waals surface area contributed by atoms with Crippen molar-refractivity contribution in [2.75, 3.05) is 38.0 Å². The molecule has 0 saturated carbocycles. The highest BCUT2D eigenvalue weighted by Crippen LogP contribution is 2.21. The Balaban J connectivity index is 2.81. The van der Waals surface area contributed by atoms with Crippen LogP contribution in [0.2, 0.25) is 0 Å². The van der Waals surface area contributed by atoms with E-state index in [-0.39, 0.29) is 13.2 Å². The van der Waals surface area contributed by atoms with Crippen LogP contribution >= 0.6 is 0 Å². The Bertz CT molecular complexity index is 539. The Morgan fingerprint density at radius 3 is 2.32 bits per heavy atom. The minimum Gasteiger partial charge on any atom is -0.481 e. The highest BCUT2D eigenvalue weighted by atomic mass is 32.2. The number of nitrogens with zero attached hydrogens (tertiary/aromatic N) is 1. The second-order valence-corrected chi connectivity index (χ2v) is 8.92. The first kappa shape index (κ1) is 16.3. The number of rotatable bonds is 6. The number of sulfonamides is 1. The molecule has 2 unspecified atom stereocenters. The van der Waals surface area contributed by atoms with E-state index in [9.17, 15) is 21.6 Å². The predicted octanol–water partition coefficient (Wildman–Crippen LogP) is -1.61. The molecule has 0 bridgehead atoms. The van der Waals surface area contributed by atoms with Crippen LogP contribution in [0.25, 0.3) is 0 Å². The van der Waals surface area contributed by atoms with Crippen LogP contribution in [0, 0.1) is 5.92 Å². The molecule has 2 atom stereocenters. The molecule has 1 saturated heterocycles. The zero-order valence-electron chi connectivity index (χ0n) is 10.6. The van der Waals surface area contributed by atoms with Gasteiger partial charge in [0.2, 0.25) is 10.0 Å². The third-order valence-corrected chi connectivity index (χ3v) is 6.06. The lowest BCUT2D eigenvalue weighted by molar-refractivity contribution is -0.142. The van der Waals surface area contributed by atoms with Crippen LogP contribution in [0.15, 0.2) is 0 Å². The molecule has 1 N–H and O–H groups in total. The number of carbonyl (C=O) groups is 1. The molecule has 1 heterocycles. The average molecular weight is 315 g/mol. The van der Waals surface area contributed by atoms with Gasteiger partial charge in [0.1, 0.15) is 9.84 Å². The Kier molecular flexibility index (Phi) is 4.93. The lowest BCUT2D eigenvalue weighted by Crippen LogP contribution is -2.45. The van der Waals surface area contributed by atoms with Gasteiger partial charge in [0.05, 0.1) is 36.7 Å². The molecular formula is C9H17NO7S2. The smallest absolute Gasteiger partial charge is 0.310 e. The van der Waals surface area contributed by atoms with E-state index < -0.39 is 49.3 Å². The molecule has 1 fully saturated rings. The largest absolute Gasteiger partial charge is 0.481 e. The van der Waals surface area contributed by atoms with Gasteiger partial charge in [-0.2, -0.15) is 4.31 Å². The summed E-state index contributed by atoms with van der Waals surface area (Å²) >= 11 is 0. The lowest BCUT2D eigenvalue weighted by Gasteiger charge is -2.25. The summed E-state index contributed by atoms with van der Waals surface area (Å²) in [5.41, 5.74) is 0. The lowest BCUT2D eigenvalue weighted by atomic mass is 10.1. The van der Waals surface area contributed by atoms with Crippen LogP contribution in [0.5, 0.6) is 0 Å². The SMILES string of the molecule is CN(C1COCC1C(=O)O)S(=O)(=O)CCS(C)(=O)=O. The molecule has 0 aromatic heterocycles. The summed E-state index contributed by atoms with van der Waals surface area (Å²) in [5, 5.41) is 8.96. The van der Waals surface area contributed by atoms with Gasteiger partial charge in [0.25, 0.3) is 0 Å². The zero-order chi connectivity index (χ0) is 14.8. The van der Waals surface area contributed by atoms with Crippen molar-refractivity contribution in [2.45, 2.75) is 6.04 Å². The first-order valence-electron chi connectivity index (χ1n) is 5.48. The standard InChI is InChI=1S/C9H17NO7S2/c1-10(8-6-17-5-7(8)9(11)12)19(15,16)4-3-18(2,13)14/h7-8H,3-6H2,1-2H3,(H,11,12). The molecule has 0 radical (unpaired) electrons. The zero-order valence-corrected chi connectivity index (χ0v) is 12.3. The summed E-state index contributed by atoms with van der Waals surface area (Å²) in [4.78, 5) is 11.0. The molecule has 0 amide bonds. The van der Waals surface area contributed by atoms with E-state index >= 15 is 0 Å². The van der Waals surface area contributed by atoms with Crippen molar-refractivity contribution in [1.29, 1.82) is 0 Å². The summed E-state index contributed by atoms with van der Waals surface area (Å²) in [5.74, 6) is -3.12. The number of carboxylic acids is 1. The van der Waals surface area contributed by atoms with Gasteiger partial charge < -0.3 is 9.84 Å². The summed E-state index contributed by atoms with van der Waals surface area (Å²) in [6.45, 7) is -0.0580. The highest BCUT2D eigenvalue weighted by molar-refractivity contribution is 7.93. The van der Waals surface area contributed by atoms with Gasteiger partial charge >= 0.3 is 5.97 Å². The molecule has 0 aromatic carbocycles. The van der Waals surface area contributed by atoms with Gasteiger partial charge in [0.15, 0.2) is 0 Å². The summed E-state index contributed by atoms with van der Waals surface area (Å²) in [7, 11) is -5.99. The number of aliphatic carboxylic acids is 1. The molecule has 1 rings (SSSR count). The van der Waals surface area contributed by atoms with Crippen LogP contribution in [0.4, 0.5) is 0 Å². The van der Waals surface area contributed by atoms with E-state index in [0.29, 0.717) is 0 Å². The Morgan fingerprint density at radius 1 is 1.26 bits per heavy atom. The minimum atomic E-state index is -3.83. The van der Waals surface area contributed by atoms with Crippen molar-refractivity contribution in [2.24, 2.45) is 5.92 Å². The molecule has 10 heteroatoms. The monoisotopic (exact) mass is 315 g/mol. The van der Waals surface area contributed by atoms with E-state index in [1.54, 1.807) is 0 Å². The number of ether oxygens (including phenoxy) is 1. The van der Waals surface area contributed by atoms with Gasteiger partial charge in [-0.3, -0.25) is 4.79 Å². The van der Waals surface area contributed by atoms with Gasteiger partial charge in [0, 0.05) is 13.3 Å². The second-order valence-electron chi connectivity index (χ2n) is 4.51. The maximum atomic E-state index is 11.9. The fourth-order valence-electron chi connectivity index (χ4n) is 1.74. The van der Waals surface area contributed by atoms with E-state index in [1.807, 2.05) is 0 Å². The molecule has 1 aliphatic rings. The Morgan fingerprint density at radius 2 is 1.84 bits per heavy atom. The number of hydrogen-bond donors (Lipinski definition) is 1.